The van der Waals surface area contributed by atoms with Crippen molar-refractivity contribution in [2.75, 3.05) is 5.32 Å². The molecular formula is C16H12Cl3N3O. The summed E-state index contributed by atoms with van der Waals surface area (Å²) in [4.78, 5) is 17.2. The number of amides is 1. The van der Waals surface area contributed by atoms with Gasteiger partial charge in [-0.05, 0) is 30.7 Å². The van der Waals surface area contributed by atoms with Crippen molar-refractivity contribution in [2.24, 2.45) is 0 Å². The Kier molecular flexibility index (Phi) is 4.48. The summed E-state index contributed by atoms with van der Waals surface area (Å²) in [6.07, 6.45) is 2.28. The molecule has 2 aromatic heterocycles. The average molecular weight is 369 g/mol. The number of carbonyl (C=O) groups excluding carboxylic acids is 1. The Hall–Kier alpha value is -1.75. The van der Waals surface area contributed by atoms with E-state index in [0.717, 1.165) is 0 Å². The third-order valence-corrected chi connectivity index (χ3v) is 4.45. The van der Waals surface area contributed by atoms with Gasteiger partial charge in [-0.2, -0.15) is 0 Å². The largest absolute Gasteiger partial charge is 0.319 e. The number of fused-ring (bicyclic) bond motifs is 1. The molecule has 118 valence electrons. The Balaban J connectivity index is 2.06. The molecule has 4 nitrogen and oxygen atoms in total. The fourth-order valence-electron chi connectivity index (χ4n) is 2.34. The highest BCUT2D eigenvalue weighted by atomic mass is 35.5. The lowest BCUT2D eigenvalue weighted by molar-refractivity contribution is 0.102. The van der Waals surface area contributed by atoms with Crippen LogP contribution in [0.1, 0.15) is 23.1 Å². The lowest BCUT2D eigenvalue weighted by Gasteiger charge is -2.09. The van der Waals surface area contributed by atoms with Gasteiger partial charge in [0.2, 0.25) is 0 Å². The summed E-state index contributed by atoms with van der Waals surface area (Å²) in [6.45, 7) is 1.94. The van der Waals surface area contributed by atoms with Crippen LogP contribution in [0.2, 0.25) is 15.1 Å². The number of aryl methyl sites for hydroxylation is 1. The highest BCUT2D eigenvalue weighted by Crippen LogP contribution is 2.30. The van der Waals surface area contributed by atoms with Gasteiger partial charge < -0.3 is 5.32 Å². The minimum atomic E-state index is -0.319. The molecule has 0 fully saturated rings. The van der Waals surface area contributed by atoms with Crippen LogP contribution in [0.5, 0.6) is 0 Å². The summed E-state index contributed by atoms with van der Waals surface area (Å²) in [7, 11) is 0. The van der Waals surface area contributed by atoms with Crippen LogP contribution >= 0.6 is 34.8 Å². The second kappa shape index (κ2) is 6.40. The van der Waals surface area contributed by atoms with Gasteiger partial charge in [0.15, 0.2) is 0 Å². The SMILES string of the molecule is CCc1nc2ccc(Cl)cn2c1C(=O)Nc1cccc(Cl)c1Cl. The van der Waals surface area contributed by atoms with Crippen LogP contribution in [0.3, 0.4) is 0 Å². The van der Waals surface area contributed by atoms with Crippen molar-refractivity contribution in [2.45, 2.75) is 13.3 Å². The minimum Gasteiger partial charge on any atom is -0.319 e. The molecule has 0 aliphatic rings. The second-order valence-electron chi connectivity index (χ2n) is 4.89. The molecule has 0 aliphatic carbocycles. The van der Waals surface area contributed by atoms with E-state index < -0.39 is 0 Å². The van der Waals surface area contributed by atoms with Crippen molar-refractivity contribution < 1.29 is 4.79 Å². The van der Waals surface area contributed by atoms with Crippen molar-refractivity contribution >= 4 is 52.0 Å². The van der Waals surface area contributed by atoms with Crippen LogP contribution < -0.4 is 5.32 Å². The van der Waals surface area contributed by atoms with Gasteiger partial charge in [0.1, 0.15) is 11.3 Å². The standard InChI is InChI=1S/C16H12Cl3N3O/c1-2-11-15(22-8-9(17)6-7-13(22)20-11)16(23)21-12-5-3-4-10(18)14(12)19/h3-8H,2H2,1H3,(H,21,23). The number of nitrogens with one attached hydrogen (secondary N) is 1. The monoisotopic (exact) mass is 367 g/mol. The smallest absolute Gasteiger partial charge is 0.274 e. The van der Waals surface area contributed by atoms with Crippen molar-refractivity contribution in [3.8, 4) is 0 Å². The number of hydrogen-bond acceptors (Lipinski definition) is 2. The topological polar surface area (TPSA) is 46.4 Å². The predicted octanol–water partition coefficient (Wildman–Crippen LogP) is 5.11. The Labute approximate surface area is 148 Å². The van der Waals surface area contributed by atoms with Crippen molar-refractivity contribution in [1.82, 2.24) is 9.38 Å². The van der Waals surface area contributed by atoms with Crippen molar-refractivity contribution in [3.63, 3.8) is 0 Å². The maximum absolute atomic E-state index is 12.7. The zero-order valence-electron chi connectivity index (χ0n) is 12.1. The molecule has 2 heterocycles. The van der Waals surface area contributed by atoms with E-state index in [0.29, 0.717) is 44.2 Å². The summed E-state index contributed by atoms with van der Waals surface area (Å²) in [5.41, 5.74) is 2.22. The van der Waals surface area contributed by atoms with Crippen LogP contribution in [0, 0.1) is 0 Å². The molecule has 0 saturated carbocycles. The zero-order valence-corrected chi connectivity index (χ0v) is 14.4. The van der Waals surface area contributed by atoms with E-state index in [9.17, 15) is 4.79 Å². The first-order valence-corrected chi connectivity index (χ1v) is 8.06. The minimum absolute atomic E-state index is 0.299. The quantitative estimate of drug-likeness (QED) is 0.698. The first-order chi connectivity index (χ1) is 11.0. The third kappa shape index (κ3) is 3.02. The highest BCUT2D eigenvalue weighted by molar-refractivity contribution is 6.44. The number of aromatic nitrogens is 2. The molecule has 1 aromatic carbocycles. The summed E-state index contributed by atoms with van der Waals surface area (Å²) in [5, 5.41) is 3.98. The van der Waals surface area contributed by atoms with Crippen LogP contribution in [-0.4, -0.2) is 15.3 Å². The first kappa shape index (κ1) is 16.1. The molecule has 0 aliphatic heterocycles. The zero-order chi connectivity index (χ0) is 16.6. The van der Waals surface area contributed by atoms with Gasteiger partial charge in [0, 0.05) is 6.20 Å². The number of hydrogen-bond donors (Lipinski definition) is 1. The Morgan fingerprint density at radius 3 is 2.74 bits per heavy atom. The van der Waals surface area contributed by atoms with Gasteiger partial charge in [0.25, 0.3) is 5.91 Å². The van der Waals surface area contributed by atoms with Crippen LogP contribution in [0.25, 0.3) is 5.65 Å². The molecule has 0 spiro atoms. The number of imidazole rings is 1. The molecule has 23 heavy (non-hydrogen) atoms. The maximum Gasteiger partial charge on any atom is 0.274 e. The maximum atomic E-state index is 12.7. The highest BCUT2D eigenvalue weighted by Gasteiger charge is 2.19. The number of rotatable bonds is 3. The number of pyridine rings is 1. The molecule has 3 aromatic rings. The first-order valence-electron chi connectivity index (χ1n) is 6.93. The summed E-state index contributed by atoms with van der Waals surface area (Å²) >= 11 is 18.1. The molecule has 1 amide bonds. The molecule has 1 N–H and O–H groups in total. The van der Waals surface area contributed by atoms with Crippen LogP contribution in [-0.2, 0) is 6.42 Å². The number of nitrogens with zero attached hydrogens (tertiary/aromatic N) is 2. The van der Waals surface area contributed by atoms with E-state index in [2.05, 4.69) is 10.3 Å². The van der Waals surface area contributed by atoms with E-state index >= 15 is 0 Å². The molecule has 7 heteroatoms. The fourth-order valence-corrected chi connectivity index (χ4v) is 2.84. The van der Waals surface area contributed by atoms with Crippen molar-refractivity contribution in [1.29, 1.82) is 0 Å². The average Bonchev–Trinajstić information content (AvgIpc) is 2.89. The van der Waals surface area contributed by atoms with E-state index in [4.69, 9.17) is 34.8 Å². The van der Waals surface area contributed by atoms with E-state index in [1.165, 1.54) is 0 Å². The van der Waals surface area contributed by atoms with Gasteiger partial charge in [-0.3, -0.25) is 9.20 Å². The summed E-state index contributed by atoms with van der Waals surface area (Å²) < 4.78 is 1.68. The van der Waals surface area contributed by atoms with E-state index in [1.807, 2.05) is 6.92 Å². The van der Waals surface area contributed by atoms with Crippen molar-refractivity contribution in [3.05, 3.63) is 63.0 Å². The summed E-state index contributed by atoms with van der Waals surface area (Å²) in [6, 6.07) is 8.57. The molecule has 0 unspecified atom stereocenters. The van der Waals surface area contributed by atoms with E-state index in [-0.39, 0.29) is 5.91 Å². The van der Waals surface area contributed by atoms with Gasteiger partial charge >= 0.3 is 0 Å². The number of anilines is 1. The molecule has 0 bridgehead atoms. The Bertz CT molecular complexity index is 905. The molecule has 0 radical (unpaired) electrons. The lowest BCUT2D eigenvalue weighted by Crippen LogP contribution is -2.16. The predicted molar refractivity (Wildman–Crippen MR) is 94.0 cm³/mol. The Morgan fingerprint density at radius 1 is 1.22 bits per heavy atom. The van der Waals surface area contributed by atoms with Gasteiger partial charge in [-0.1, -0.05) is 47.8 Å². The molecular weight excluding hydrogens is 357 g/mol. The lowest BCUT2D eigenvalue weighted by atomic mass is 10.2. The molecule has 0 atom stereocenters. The molecule has 0 saturated heterocycles. The number of halogens is 3. The fraction of sp³-hybridized carbons (Fsp3) is 0.125. The number of benzene rings is 1. The van der Waals surface area contributed by atoms with Crippen LogP contribution in [0.4, 0.5) is 5.69 Å². The summed E-state index contributed by atoms with van der Waals surface area (Å²) in [5.74, 6) is -0.319. The second-order valence-corrected chi connectivity index (χ2v) is 6.11. The number of carbonyl (C=O) groups is 1. The Morgan fingerprint density at radius 2 is 2.00 bits per heavy atom. The third-order valence-electron chi connectivity index (χ3n) is 3.40. The van der Waals surface area contributed by atoms with Gasteiger partial charge in [-0.15, -0.1) is 0 Å². The normalized spacial score (nSPS) is 11.0. The molecule has 3 rings (SSSR count). The van der Waals surface area contributed by atoms with Gasteiger partial charge in [-0.25, -0.2) is 4.98 Å². The van der Waals surface area contributed by atoms with Gasteiger partial charge in [0.05, 0.1) is 26.4 Å². The van der Waals surface area contributed by atoms with E-state index in [1.54, 1.807) is 40.9 Å². The van der Waals surface area contributed by atoms with Crippen LogP contribution in [0.15, 0.2) is 36.5 Å².